The van der Waals surface area contributed by atoms with Crippen LogP contribution in [0.5, 0.6) is 0 Å². The number of hydrogen-bond donors (Lipinski definition) is 1. The van der Waals surface area contributed by atoms with Gasteiger partial charge in [-0.1, -0.05) is 23.7 Å². The molecule has 2 rings (SSSR count). The van der Waals surface area contributed by atoms with Crippen molar-refractivity contribution in [2.45, 2.75) is 37.9 Å². The van der Waals surface area contributed by atoms with Gasteiger partial charge in [0.05, 0.1) is 0 Å². The number of piperidine rings is 1. The number of rotatable bonds is 4. The first kappa shape index (κ1) is 18.6. The fourth-order valence-corrected chi connectivity index (χ4v) is 2.87. The zero-order valence-electron chi connectivity index (χ0n) is 12.9. The third-order valence-electron chi connectivity index (χ3n) is 3.92. The van der Waals surface area contributed by atoms with Crippen LogP contribution >= 0.6 is 11.6 Å². The molecule has 0 atom stereocenters. The smallest absolute Gasteiger partial charge is 0.353 e. The summed E-state index contributed by atoms with van der Waals surface area (Å²) in [6.45, 7) is -0.00480. The van der Waals surface area contributed by atoms with Gasteiger partial charge in [-0.2, -0.15) is 13.2 Å². The molecular weight excluding hydrogens is 345 g/mol. The van der Waals surface area contributed by atoms with Crippen LogP contribution < -0.4 is 5.32 Å². The molecule has 1 aromatic rings. The Balaban J connectivity index is 1.73. The van der Waals surface area contributed by atoms with E-state index in [9.17, 15) is 22.8 Å². The lowest BCUT2D eigenvalue weighted by Crippen LogP contribution is -2.50. The van der Waals surface area contributed by atoms with Crippen molar-refractivity contribution in [1.29, 1.82) is 0 Å². The zero-order valence-corrected chi connectivity index (χ0v) is 13.7. The number of nitrogens with one attached hydrogen (secondary N) is 1. The molecule has 0 saturated carbocycles. The van der Waals surface area contributed by atoms with Crippen LogP contribution in [0.1, 0.15) is 24.8 Å². The maximum absolute atomic E-state index is 12.4. The first-order chi connectivity index (χ1) is 11.3. The number of carbonyl (C=O) groups excluding carboxylic acids is 2. The summed E-state index contributed by atoms with van der Waals surface area (Å²) in [5.74, 6) is -1.97. The molecule has 1 fully saturated rings. The Morgan fingerprint density at radius 1 is 1.25 bits per heavy atom. The second-order valence-electron chi connectivity index (χ2n) is 5.76. The fourth-order valence-electron chi connectivity index (χ4n) is 2.66. The van der Waals surface area contributed by atoms with Gasteiger partial charge in [0.1, 0.15) is 0 Å². The van der Waals surface area contributed by atoms with Crippen molar-refractivity contribution in [2.75, 3.05) is 13.1 Å². The number of halogens is 4. The Kier molecular flexibility index (Phi) is 6.10. The van der Waals surface area contributed by atoms with Gasteiger partial charge in [0.15, 0.2) is 0 Å². The quantitative estimate of drug-likeness (QED) is 0.895. The lowest BCUT2D eigenvalue weighted by molar-refractivity contribution is -0.186. The summed E-state index contributed by atoms with van der Waals surface area (Å²) in [6, 6.07) is 7.02. The molecule has 0 bridgehead atoms. The van der Waals surface area contributed by atoms with Gasteiger partial charge in [-0.15, -0.1) is 0 Å². The highest BCUT2D eigenvalue weighted by Crippen LogP contribution is 2.21. The molecule has 1 aliphatic heterocycles. The van der Waals surface area contributed by atoms with Gasteiger partial charge >= 0.3 is 12.1 Å². The van der Waals surface area contributed by atoms with Crippen LogP contribution in [-0.4, -0.2) is 42.0 Å². The van der Waals surface area contributed by atoms with Crippen molar-refractivity contribution in [1.82, 2.24) is 10.2 Å². The normalized spacial score (nSPS) is 16.1. The van der Waals surface area contributed by atoms with Crippen LogP contribution in [0.15, 0.2) is 24.3 Å². The van der Waals surface area contributed by atoms with Crippen molar-refractivity contribution in [3.05, 3.63) is 34.9 Å². The Morgan fingerprint density at radius 2 is 1.92 bits per heavy atom. The van der Waals surface area contributed by atoms with Crippen molar-refractivity contribution in [2.24, 2.45) is 0 Å². The lowest BCUT2D eigenvalue weighted by Gasteiger charge is -2.32. The highest BCUT2D eigenvalue weighted by Gasteiger charge is 2.43. The number of hydrogen-bond acceptors (Lipinski definition) is 2. The molecule has 1 heterocycles. The number of aryl methyl sites for hydroxylation is 1. The Bertz CT molecular complexity index is 599. The molecule has 132 valence electrons. The van der Waals surface area contributed by atoms with Crippen LogP contribution in [0.25, 0.3) is 0 Å². The SMILES string of the molecule is O=C(CCc1cccc(Cl)c1)NC1CCN(C(=O)C(F)(F)F)CC1. The number of amides is 2. The van der Waals surface area contributed by atoms with Crippen molar-refractivity contribution >= 4 is 23.4 Å². The standard InChI is InChI=1S/C16H18ClF3N2O2/c17-12-3-1-2-11(10-12)4-5-14(23)21-13-6-8-22(9-7-13)15(24)16(18,19)20/h1-3,10,13H,4-9H2,(H,21,23). The summed E-state index contributed by atoms with van der Waals surface area (Å²) in [4.78, 5) is 23.9. The first-order valence-corrected chi connectivity index (χ1v) is 8.03. The van der Waals surface area contributed by atoms with Gasteiger partial charge in [0.25, 0.3) is 0 Å². The van der Waals surface area contributed by atoms with Crippen molar-refractivity contribution in [3.63, 3.8) is 0 Å². The molecule has 0 radical (unpaired) electrons. The van der Waals surface area contributed by atoms with E-state index in [4.69, 9.17) is 11.6 Å². The second kappa shape index (κ2) is 7.88. The summed E-state index contributed by atoms with van der Waals surface area (Å²) in [5, 5.41) is 3.42. The van der Waals surface area contributed by atoms with E-state index >= 15 is 0 Å². The van der Waals surface area contributed by atoms with Crippen LogP contribution in [0.2, 0.25) is 5.02 Å². The minimum Gasteiger partial charge on any atom is -0.353 e. The van der Waals surface area contributed by atoms with Crippen LogP contribution in [0, 0.1) is 0 Å². The van der Waals surface area contributed by atoms with Gasteiger partial charge < -0.3 is 10.2 Å². The predicted molar refractivity (Wildman–Crippen MR) is 83.6 cm³/mol. The van der Waals surface area contributed by atoms with Gasteiger partial charge in [0.2, 0.25) is 5.91 Å². The summed E-state index contributed by atoms with van der Waals surface area (Å²) in [5.41, 5.74) is 0.947. The van der Waals surface area contributed by atoms with Crippen molar-refractivity contribution in [3.8, 4) is 0 Å². The van der Waals surface area contributed by atoms with Crippen LogP contribution in [0.4, 0.5) is 13.2 Å². The molecular formula is C16H18ClF3N2O2. The van der Waals surface area contributed by atoms with Crippen molar-refractivity contribution < 1.29 is 22.8 Å². The Morgan fingerprint density at radius 3 is 2.50 bits per heavy atom. The summed E-state index contributed by atoms with van der Waals surface area (Å²) in [7, 11) is 0. The molecule has 0 unspecified atom stereocenters. The van der Waals surface area contributed by atoms with E-state index in [2.05, 4.69) is 5.32 Å². The van der Waals surface area contributed by atoms with Gasteiger partial charge in [-0.3, -0.25) is 9.59 Å². The molecule has 1 aromatic carbocycles. The molecule has 4 nitrogen and oxygen atoms in total. The summed E-state index contributed by atoms with van der Waals surface area (Å²) < 4.78 is 37.1. The van der Waals surface area contributed by atoms with E-state index in [1.165, 1.54) is 0 Å². The number of alkyl halides is 3. The lowest BCUT2D eigenvalue weighted by atomic mass is 10.0. The zero-order chi connectivity index (χ0) is 17.7. The fraction of sp³-hybridized carbons (Fsp3) is 0.500. The average molecular weight is 363 g/mol. The van der Waals surface area contributed by atoms with E-state index in [0.29, 0.717) is 24.3 Å². The molecule has 8 heteroatoms. The monoisotopic (exact) mass is 362 g/mol. The summed E-state index contributed by atoms with van der Waals surface area (Å²) in [6.07, 6.45) is -3.37. The van der Waals surface area contributed by atoms with Gasteiger partial charge in [-0.05, 0) is 37.0 Å². The highest BCUT2D eigenvalue weighted by atomic mass is 35.5. The number of likely N-dealkylation sites (tertiary alicyclic amines) is 1. The Hall–Kier alpha value is -1.76. The largest absolute Gasteiger partial charge is 0.471 e. The average Bonchev–Trinajstić information content (AvgIpc) is 2.52. The first-order valence-electron chi connectivity index (χ1n) is 7.65. The van der Waals surface area contributed by atoms with E-state index in [1.54, 1.807) is 12.1 Å². The maximum Gasteiger partial charge on any atom is 0.471 e. The Labute approximate surface area is 143 Å². The van der Waals surface area contributed by atoms with E-state index in [1.807, 2.05) is 12.1 Å². The maximum atomic E-state index is 12.4. The summed E-state index contributed by atoms with van der Waals surface area (Å²) >= 11 is 5.87. The molecule has 1 saturated heterocycles. The highest BCUT2D eigenvalue weighted by molar-refractivity contribution is 6.30. The molecule has 1 aliphatic rings. The minimum atomic E-state index is -4.84. The van der Waals surface area contributed by atoms with E-state index in [0.717, 1.165) is 10.5 Å². The molecule has 2 amide bonds. The van der Waals surface area contributed by atoms with Gasteiger partial charge in [-0.25, -0.2) is 0 Å². The molecule has 0 aromatic heterocycles. The number of benzene rings is 1. The number of nitrogens with zero attached hydrogens (tertiary/aromatic N) is 1. The third kappa shape index (κ3) is 5.40. The topological polar surface area (TPSA) is 49.4 Å². The minimum absolute atomic E-state index is 0.00240. The molecule has 0 spiro atoms. The van der Waals surface area contributed by atoms with Crippen LogP contribution in [-0.2, 0) is 16.0 Å². The van der Waals surface area contributed by atoms with Gasteiger partial charge in [0, 0.05) is 30.6 Å². The van der Waals surface area contributed by atoms with Crippen LogP contribution in [0.3, 0.4) is 0 Å². The second-order valence-corrected chi connectivity index (χ2v) is 6.20. The van der Waals surface area contributed by atoms with E-state index in [-0.39, 0.29) is 31.5 Å². The molecule has 1 N–H and O–H groups in total. The predicted octanol–water partition coefficient (Wildman–Crippen LogP) is 2.94. The van der Waals surface area contributed by atoms with E-state index < -0.39 is 12.1 Å². The third-order valence-corrected chi connectivity index (χ3v) is 4.15. The molecule has 24 heavy (non-hydrogen) atoms. The molecule has 0 aliphatic carbocycles. The number of carbonyl (C=O) groups is 2.